The maximum atomic E-state index is 13.3. The van der Waals surface area contributed by atoms with Gasteiger partial charge in [-0.15, -0.1) is 0 Å². The minimum Gasteiger partial charge on any atom is -0.494 e. The molecule has 0 unspecified atom stereocenters. The molecule has 2 aliphatic rings. The maximum Gasteiger partial charge on any atom is 0.265 e. The lowest BCUT2D eigenvalue weighted by Crippen LogP contribution is -2.54. The fourth-order valence-corrected chi connectivity index (χ4v) is 8.41. The number of nitrogens with one attached hydrogen (secondary N) is 1. The van der Waals surface area contributed by atoms with Crippen molar-refractivity contribution in [2.45, 2.75) is 54.8 Å². The Labute approximate surface area is 235 Å². The van der Waals surface area contributed by atoms with Crippen LogP contribution in [0.4, 0.5) is 0 Å². The third-order valence-electron chi connectivity index (χ3n) is 7.40. The molecule has 0 aromatic heterocycles. The van der Waals surface area contributed by atoms with Gasteiger partial charge in [0.25, 0.3) is 5.91 Å². The maximum absolute atomic E-state index is 13.3. The summed E-state index contributed by atoms with van der Waals surface area (Å²) in [4.78, 5) is 12.3. The summed E-state index contributed by atoms with van der Waals surface area (Å²) >= 11 is 0. The van der Waals surface area contributed by atoms with E-state index in [9.17, 15) is 21.6 Å². The van der Waals surface area contributed by atoms with Crippen molar-refractivity contribution >= 4 is 25.8 Å². The molecule has 2 aliphatic heterocycles. The zero-order valence-corrected chi connectivity index (χ0v) is 24.1. The van der Waals surface area contributed by atoms with Crippen molar-refractivity contribution in [3.05, 3.63) is 54.1 Å². The van der Waals surface area contributed by atoms with E-state index in [-0.39, 0.29) is 55.8 Å². The molecule has 0 aliphatic carbocycles. The van der Waals surface area contributed by atoms with Gasteiger partial charge in [0.05, 0.1) is 17.3 Å². The number of carbonyl (C=O) groups is 1. The van der Waals surface area contributed by atoms with E-state index in [2.05, 4.69) is 0 Å². The summed E-state index contributed by atoms with van der Waals surface area (Å²) in [5.74, 6) is 0.107. The van der Waals surface area contributed by atoms with Gasteiger partial charge in [0.2, 0.25) is 10.0 Å². The van der Waals surface area contributed by atoms with Crippen LogP contribution in [0.5, 0.6) is 11.5 Å². The molecule has 0 saturated carbocycles. The van der Waals surface area contributed by atoms with Crippen LogP contribution in [0.25, 0.3) is 0 Å². The lowest BCUT2D eigenvalue weighted by atomic mass is 9.98. The highest BCUT2D eigenvalue weighted by Crippen LogP contribution is 2.35. The summed E-state index contributed by atoms with van der Waals surface area (Å²) in [5.41, 5.74) is 2.64. The molecule has 2 N–H and O–H groups in total. The fraction of sp³-hybridized carbons (Fsp3) is 0.519. The molecule has 0 bridgehead atoms. The van der Waals surface area contributed by atoms with Crippen LogP contribution in [0, 0.1) is 6.92 Å². The van der Waals surface area contributed by atoms with Gasteiger partial charge in [-0.25, -0.2) is 26.6 Å². The Bertz CT molecular complexity index is 1350. The highest BCUT2D eigenvalue weighted by Gasteiger charge is 2.52. The molecule has 13 heteroatoms. The molecule has 0 radical (unpaired) electrons. The Morgan fingerprint density at radius 3 is 2.20 bits per heavy atom. The van der Waals surface area contributed by atoms with Gasteiger partial charge in [-0.2, -0.15) is 0 Å². The molecule has 220 valence electrons. The predicted octanol–water partition coefficient (Wildman–Crippen LogP) is 2.47. The standard InChI is InChI=1S/C27H36N2O9S2/c1-21-3-5-23(6-4-21)38-24-11-15-29(16-12-24)39(32,33)20-2-17-37-22-7-9-25(10-8-22)40(34,35)27(26(30)28-31)13-18-36-19-14-27/h3-10,24,31H,2,11-20H2,1H3,(H,28,30). The van der Waals surface area contributed by atoms with Crippen molar-refractivity contribution in [1.82, 2.24) is 9.79 Å². The number of aryl methyl sites for hydroxylation is 1. The van der Waals surface area contributed by atoms with E-state index in [1.165, 1.54) is 34.1 Å². The summed E-state index contributed by atoms with van der Waals surface area (Å²) in [6, 6.07) is 13.4. The summed E-state index contributed by atoms with van der Waals surface area (Å²) in [6.07, 6.45) is 1.32. The molecule has 2 saturated heterocycles. The summed E-state index contributed by atoms with van der Waals surface area (Å²) < 4.78 is 68.8. The lowest BCUT2D eigenvalue weighted by molar-refractivity contribution is -0.134. The largest absolute Gasteiger partial charge is 0.494 e. The fourth-order valence-electron chi connectivity index (χ4n) is 4.96. The molecular weight excluding hydrogens is 560 g/mol. The second-order valence-corrected chi connectivity index (χ2v) is 14.4. The molecule has 11 nitrogen and oxygen atoms in total. The molecule has 2 fully saturated rings. The van der Waals surface area contributed by atoms with Gasteiger partial charge < -0.3 is 14.2 Å². The van der Waals surface area contributed by atoms with Gasteiger partial charge >= 0.3 is 0 Å². The normalized spacial score (nSPS) is 18.6. The Morgan fingerprint density at radius 1 is 1.00 bits per heavy atom. The molecule has 2 heterocycles. The molecule has 2 aromatic rings. The van der Waals surface area contributed by atoms with Crippen LogP contribution in [-0.4, -0.2) is 81.8 Å². The summed E-state index contributed by atoms with van der Waals surface area (Å²) in [6.45, 7) is 3.10. The first-order chi connectivity index (χ1) is 19.1. The van der Waals surface area contributed by atoms with E-state index in [1.807, 2.05) is 31.2 Å². The second kappa shape index (κ2) is 12.9. The molecule has 1 amide bonds. The van der Waals surface area contributed by atoms with Crippen LogP contribution in [0.15, 0.2) is 53.4 Å². The van der Waals surface area contributed by atoms with Crippen LogP contribution in [0.2, 0.25) is 0 Å². The highest BCUT2D eigenvalue weighted by molar-refractivity contribution is 7.93. The number of amides is 1. The van der Waals surface area contributed by atoms with Gasteiger partial charge in [-0.1, -0.05) is 17.7 Å². The topological polar surface area (TPSA) is 149 Å². The van der Waals surface area contributed by atoms with E-state index in [1.54, 1.807) is 0 Å². The first-order valence-corrected chi connectivity index (χ1v) is 16.4. The monoisotopic (exact) mass is 596 g/mol. The van der Waals surface area contributed by atoms with E-state index in [0.717, 1.165) is 11.3 Å². The van der Waals surface area contributed by atoms with Crippen molar-refractivity contribution in [3.63, 3.8) is 0 Å². The minimum absolute atomic E-state index is 0.0244. The zero-order chi connectivity index (χ0) is 28.8. The number of piperidine rings is 1. The van der Waals surface area contributed by atoms with Crippen LogP contribution in [0.3, 0.4) is 0 Å². The van der Waals surface area contributed by atoms with Crippen LogP contribution < -0.4 is 15.0 Å². The lowest BCUT2D eigenvalue weighted by Gasteiger charge is -2.34. The highest BCUT2D eigenvalue weighted by atomic mass is 32.2. The molecule has 0 atom stereocenters. The smallest absolute Gasteiger partial charge is 0.265 e. The van der Waals surface area contributed by atoms with Gasteiger partial charge in [-0.05, 0) is 75.4 Å². The predicted molar refractivity (Wildman–Crippen MR) is 147 cm³/mol. The van der Waals surface area contributed by atoms with Gasteiger partial charge in [0.1, 0.15) is 17.6 Å². The van der Waals surface area contributed by atoms with Crippen LogP contribution in [0.1, 0.15) is 37.7 Å². The molecule has 0 spiro atoms. The number of ether oxygens (including phenoxy) is 3. The van der Waals surface area contributed by atoms with Crippen LogP contribution in [-0.2, 0) is 29.4 Å². The number of sulfone groups is 1. The SMILES string of the molecule is Cc1ccc(OC2CCN(S(=O)(=O)CCCOc3ccc(S(=O)(=O)C4(C(=O)NO)CCOCC4)cc3)CC2)cc1. The van der Waals surface area contributed by atoms with Crippen molar-refractivity contribution in [2.75, 3.05) is 38.7 Å². The van der Waals surface area contributed by atoms with E-state index in [0.29, 0.717) is 31.7 Å². The van der Waals surface area contributed by atoms with Crippen molar-refractivity contribution in [2.24, 2.45) is 0 Å². The number of carbonyl (C=O) groups excluding carboxylic acids is 1. The first-order valence-electron chi connectivity index (χ1n) is 13.3. The first kappa shape index (κ1) is 30.3. The number of hydrogen-bond donors (Lipinski definition) is 2. The summed E-state index contributed by atoms with van der Waals surface area (Å²) in [7, 11) is -7.58. The van der Waals surface area contributed by atoms with E-state index >= 15 is 0 Å². The number of hydrogen-bond acceptors (Lipinski definition) is 9. The van der Waals surface area contributed by atoms with Gasteiger partial charge in [0.15, 0.2) is 14.6 Å². The van der Waals surface area contributed by atoms with Crippen LogP contribution >= 0.6 is 0 Å². The average Bonchev–Trinajstić information content (AvgIpc) is 2.97. The molecular formula is C27H36N2O9S2. The quantitative estimate of drug-likeness (QED) is 0.227. The number of sulfonamides is 1. The average molecular weight is 597 g/mol. The molecule has 40 heavy (non-hydrogen) atoms. The van der Waals surface area contributed by atoms with Crippen molar-refractivity contribution in [3.8, 4) is 11.5 Å². The summed E-state index contributed by atoms with van der Waals surface area (Å²) in [5, 5.41) is 9.16. The second-order valence-electron chi connectivity index (χ2n) is 10.1. The third-order valence-corrected chi connectivity index (χ3v) is 11.9. The molecule has 4 rings (SSSR count). The number of nitrogens with zero attached hydrogens (tertiary/aromatic N) is 1. The third kappa shape index (κ3) is 6.77. The number of hydroxylamine groups is 1. The Hall–Kier alpha value is -2.71. The van der Waals surface area contributed by atoms with Gasteiger partial charge in [-0.3, -0.25) is 10.0 Å². The Balaban J connectivity index is 1.25. The van der Waals surface area contributed by atoms with E-state index in [4.69, 9.17) is 19.4 Å². The van der Waals surface area contributed by atoms with Crippen molar-refractivity contribution in [1.29, 1.82) is 0 Å². The minimum atomic E-state index is -4.13. The van der Waals surface area contributed by atoms with Gasteiger partial charge in [0, 0.05) is 26.3 Å². The zero-order valence-electron chi connectivity index (χ0n) is 22.5. The Kier molecular flexibility index (Phi) is 9.72. The van der Waals surface area contributed by atoms with E-state index < -0.39 is 30.5 Å². The van der Waals surface area contributed by atoms with Crippen molar-refractivity contribution < 1.29 is 41.0 Å². The number of rotatable bonds is 11. The molecule has 2 aromatic carbocycles. The number of benzene rings is 2. The Morgan fingerprint density at radius 2 is 1.60 bits per heavy atom.